The molecule has 1 heterocycles. The number of ether oxygens (including phenoxy) is 1. The van der Waals surface area contributed by atoms with Crippen LogP contribution in [0.2, 0.25) is 0 Å². The van der Waals surface area contributed by atoms with Crippen molar-refractivity contribution in [3.8, 4) is 11.5 Å². The topological polar surface area (TPSA) is 69.4 Å². The molecule has 130 valence electrons. The Morgan fingerprint density at radius 1 is 1.04 bits per heavy atom. The molecule has 1 aliphatic heterocycles. The normalized spacial score (nSPS) is 20.2. The Balaban J connectivity index is 1.91. The van der Waals surface area contributed by atoms with Gasteiger partial charge in [-0.2, -0.15) is 12.3 Å². The highest BCUT2D eigenvalue weighted by molar-refractivity contribution is 7.90. The summed E-state index contributed by atoms with van der Waals surface area (Å²) in [7, 11) is -3.42. The van der Waals surface area contributed by atoms with Crippen LogP contribution in [-0.4, -0.2) is 27.8 Å². The molecule has 5 nitrogen and oxygen atoms in total. The first-order chi connectivity index (χ1) is 11.9. The molecule has 0 aliphatic carbocycles. The average molecular weight is 357 g/mol. The molecule has 0 fully saturated rings. The van der Waals surface area contributed by atoms with Crippen molar-refractivity contribution in [1.29, 1.82) is 0 Å². The summed E-state index contributed by atoms with van der Waals surface area (Å²) in [6.07, 6.45) is 6.58. The third-order valence-electron chi connectivity index (χ3n) is 4.23. The first kappa shape index (κ1) is 17.4. The Hall–Kier alpha value is -2.41. The standard InChI is InChI=1S/C19H21N2O3S/c1-25(22,23)21(13-11-16(15-20)12-14-21)17-7-9-19(10-8-17)24-18-5-3-2-4-6-18/h2-13H,14-15,20H2,1H3/q+1. The Labute approximate surface area is 148 Å². The minimum atomic E-state index is -3.42. The maximum atomic E-state index is 12.5. The molecule has 1 aliphatic rings. The molecule has 2 aromatic rings. The Bertz CT molecular complexity index is 903. The number of quaternary nitrogens is 1. The highest BCUT2D eigenvalue weighted by atomic mass is 32.2. The molecule has 3 rings (SSSR count). The smallest absolute Gasteiger partial charge is 0.303 e. The lowest BCUT2D eigenvalue weighted by Crippen LogP contribution is -2.50. The summed E-state index contributed by atoms with van der Waals surface area (Å²) in [6, 6.07) is 16.6. The highest BCUT2D eigenvalue weighted by Gasteiger charge is 2.39. The number of hydrogen-bond donors (Lipinski definition) is 1. The number of nitrogens with two attached hydrogens (primary N) is 1. The van der Waals surface area contributed by atoms with E-state index in [1.165, 1.54) is 6.26 Å². The van der Waals surface area contributed by atoms with Crippen molar-refractivity contribution in [2.45, 2.75) is 0 Å². The van der Waals surface area contributed by atoms with E-state index < -0.39 is 10.0 Å². The van der Waals surface area contributed by atoms with Crippen LogP contribution in [-0.2, 0) is 10.0 Å². The van der Waals surface area contributed by atoms with Crippen LogP contribution in [0.5, 0.6) is 11.5 Å². The molecule has 0 spiro atoms. The van der Waals surface area contributed by atoms with Crippen molar-refractivity contribution in [3.05, 3.63) is 78.5 Å². The molecule has 0 amide bonds. The fraction of sp³-hybridized carbons (Fsp3) is 0.158. The van der Waals surface area contributed by atoms with E-state index in [9.17, 15) is 8.42 Å². The molecule has 0 radical (unpaired) electrons. The zero-order chi connectivity index (χ0) is 17.9. The second kappa shape index (κ2) is 6.84. The maximum Gasteiger partial charge on any atom is 0.303 e. The van der Waals surface area contributed by atoms with Crippen LogP contribution in [0.25, 0.3) is 0 Å². The number of rotatable bonds is 5. The molecular formula is C19H21N2O3S+. The molecule has 25 heavy (non-hydrogen) atoms. The summed E-state index contributed by atoms with van der Waals surface area (Å²) >= 11 is 0. The monoisotopic (exact) mass is 357 g/mol. The number of nitrogens with zero attached hydrogens (tertiary/aromatic N) is 1. The van der Waals surface area contributed by atoms with E-state index in [1.807, 2.05) is 36.4 Å². The van der Waals surface area contributed by atoms with Gasteiger partial charge < -0.3 is 10.5 Å². The fourth-order valence-electron chi connectivity index (χ4n) is 2.77. The quantitative estimate of drug-likeness (QED) is 0.835. The van der Waals surface area contributed by atoms with Crippen LogP contribution in [0.1, 0.15) is 0 Å². The lowest BCUT2D eigenvalue weighted by atomic mass is 10.1. The molecule has 2 aromatic carbocycles. The van der Waals surface area contributed by atoms with Crippen LogP contribution in [0.4, 0.5) is 5.69 Å². The van der Waals surface area contributed by atoms with Crippen LogP contribution in [0.3, 0.4) is 0 Å². The molecule has 0 saturated carbocycles. The van der Waals surface area contributed by atoms with Gasteiger partial charge in [-0.1, -0.05) is 18.2 Å². The number of sulfonamides is 1. The Morgan fingerprint density at radius 2 is 1.68 bits per heavy atom. The zero-order valence-electron chi connectivity index (χ0n) is 14.0. The van der Waals surface area contributed by atoms with Crippen molar-refractivity contribution in [2.75, 3.05) is 19.3 Å². The van der Waals surface area contributed by atoms with Gasteiger partial charge in [-0.05, 0) is 42.0 Å². The number of para-hydroxylation sites is 1. The van der Waals surface area contributed by atoms with E-state index in [0.29, 0.717) is 24.5 Å². The third-order valence-corrected chi connectivity index (χ3v) is 5.90. The summed E-state index contributed by atoms with van der Waals surface area (Å²) in [5, 5.41) is 0. The van der Waals surface area contributed by atoms with E-state index in [4.69, 9.17) is 10.5 Å². The third kappa shape index (κ3) is 3.51. The van der Waals surface area contributed by atoms with Gasteiger partial charge >= 0.3 is 10.0 Å². The van der Waals surface area contributed by atoms with Crippen molar-refractivity contribution in [1.82, 2.24) is 3.89 Å². The van der Waals surface area contributed by atoms with Gasteiger partial charge in [0.15, 0.2) is 5.69 Å². The molecule has 1 atom stereocenters. The first-order valence-corrected chi connectivity index (χ1v) is 9.79. The van der Waals surface area contributed by atoms with E-state index in [-0.39, 0.29) is 3.89 Å². The van der Waals surface area contributed by atoms with Crippen molar-refractivity contribution in [2.24, 2.45) is 5.73 Å². The van der Waals surface area contributed by atoms with Gasteiger partial charge in [0.05, 0.1) is 6.26 Å². The molecule has 6 heteroatoms. The number of hydrogen-bond acceptors (Lipinski definition) is 4. The summed E-state index contributed by atoms with van der Waals surface area (Å²) < 4.78 is 30.5. The van der Waals surface area contributed by atoms with Crippen LogP contribution < -0.4 is 14.4 Å². The van der Waals surface area contributed by atoms with Crippen molar-refractivity contribution < 1.29 is 13.2 Å². The fourth-order valence-corrected chi connectivity index (χ4v) is 3.90. The highest BCUT2D eigenvalue weighted by Crippen LogP contribution is 2.33. The van der Waals surface area contributed by atoms with Gasteiger partial charge in [-0.3, -0.25) is 0 Å². The maximum absolute atomic E-state index is 12.5. The summed E-state index contributed by atoms with van der Waals surface area (Å²) in [4.78, 5) is 0. The lowest BCUT2D eigenvalue weighted by molar-refractivity contribution is 0.481. The largest absolute Gasteiger partial charge is 0.457 e. The SMILES string of the molecule is CS(=O)(=O)[N+]1(c2ccc(Oc3ccccc3)cc2)C=CC(CN)=CC1. The Kier molecular flexibility index (Phi) is 4.76. The Morgan fingerprint density at radius 3 is 2.20 bits per heavy atom. The number of benzene rings is 2. The summed E-state index contributed by atoms with van der Waals surface area (Å²) in [5.74, 6) is 1.39. The van der Waals surface area contributed by atoms with E-state index >= 15 is 0 Å². The molecule has 0 saturated heterocycles. The summed E-state index contributed by atoms with van der Waals surface area (Å²) in [6.45, 7) is 0.713. The first-order valence-electron chi connectivity index (χ1n) is 7.94. The second-order valence-corrected chi connectivity index (χ2v) is 8.04. The molecule has 0 bridgehead atoms. The molecule has 1 unspecified atom stereocenters. The molecule has 0 aromatic heterocycles. The van der Waals surface area contributed by atoms with Crippen molar-refractivity contribution in [3.63, 3.8) is 0 Å². The molecule has 2 N–H and O–H groups in total. The van der Waals surface area contributed by atoms with E-state index in [1.54, 1.807) is 36.5 Å². The van der Waals surface area contributed by atoms with Gasteiger partial charge in [0.1, 0.15) is 24.2 Å². The van der Waals surface area contributed by atoms with Gasteiger partial charge in [0.25, 0.3) is 0 Å². The van der Waals surface area contributed by atoms with Gasteiger partial charge in [-0.25, -0.2) is 0 Å². The van der Waals surface area contributed by atoms with Crippen molar-refractivity contribution >= 4 is 15.7 Å². The summed E-state index contributed by atoms with van der Waals surface area (Å²) in [5.41, 5.74) is 7.23. The second-order valence-electron chi connectivity index (χ2n) is 5.92. The molecular weight excluding hydrogens is 336 g/mol. The minimum Gasteiger partial charge on any atom is -0.457 e. The zero-order valence-corrected chi connectivity index (χ0v) is 14.8. The van der Waals surface area contributed by atoms with Crippen LogP contribution >= 0.6 is 0 Å². The predicted molar refractivity (Wildman–Crippen MR) is 101 cm³/mol. The minimum absolute atomic E-state index is 0.262. The van der Waals surface area contributed by atoms with Gasteiger partial charge in [-0.15, -0.1) is 0 Å². The van der Waals surface area contributed by atoms with Crippen LogP contribution in [0, 0.1) is 0 Å². The van der Waals surface area contributed by atoms with Gasteiger partial charge in [0, 0.05) is 18.7 Å². The lowest BCUT2D eigenvalue weighted by Gasteiger charge is -2.32. The average Bonchev–Trinajstić information content (AvgIpc) is 2.62. The van der Waals surface area contributed by atoms with Gasteiger partial charge in [0.2, 0.25) is 0 Å². The van der Waals surface area contributed by atoms with E-state index in [2.05, 4.69) is 0 Å². The van der Waals surface area contributed by atoms with E-state index in [0.717, 1.165) is 11.3 Å². The predicted octanol–water partition coefficient (Wildman–Crippen LogP) is 3.16. The van der Waals surface area contributed by atoms with Crippen LogP contribution in [0.15, 0.2) is 78.5 Å².